The van der Waals surface area contributed by atoms with Crippen LogP contribution in [0, 0.1) is 10.1 Å². The molecule has 0 bridgehead atoms. The van der Waals surface area contributed by atoms with E-state index in [2.05, 4.69) is 12.6 Å². The Labute approximate surface area is 88.9 Å². The minimum absolute atomic E-state index is 0.0341. The van der Waals surface area contributed by atoms with E-state index in [4.69, 9.17) is 4.42 Å². The quantitative estimate of drug-likeness (QED) is 0.347. The number of nitrogens with zero attached hydrogens (tertiary/aromatic N) is 1. The van der Waals surface area contributed by atoms with Gasteiger partial charge in [0.25, 0.3) is 0 Å². The van der Waals surface area contributed by atoms with Gasteiger partial charge >= 0.3 is 11.3 Å². The van der Waals surface area contributed by atoms with Crippen LogP contribution < -0.4 is 5.63 Å². The Morgan fingerprint density at radius 1 is 1.33 bits per heavy atom. The molecule has 1 aromatic heterocycles. The van der Waals surface area contributed by atoms with Crippen LogP contribution in [0.2, 0.25) is 0 Å². The molecule has 0 saturated heterocycles. The van der Waals surface area contributed by atoms with Crippen LogP contribution in [0.5, 0.6) is 0 Å². The first-order chi connectivity index (χ1) is 7.11. The van der Waals surface area contributed by atoms with E-state index in [-0.39, 0.29) is 10.5 Å². The monoisotopic (exact) mass is 223 g/mol. The van der Waals surface area contributed by atoms with Gasteiger partial charge in [0.1, 0.15) is 10.5 Å². The molecular formula is C9H5NO4S. The van der Waals surface area contributed by atoms with Crippen LogP contribution >= 0.6 is 12.6 Å². The number of hydrogen-bond acceptors (Lipinski definition) is 5. The van der Waals surface area contributed by atoms with Crippen molar-refractivity contribution < 1.29 is 9.34 Å². The summed E-state index contributed by atoms with van der Waals surface area (Å²) in [5.74, 6) is 0. The lowest BCUT2D eigenvalue weighted by atomic mass is 10.2. The summed E-state index contributed by atoms with van der Waals surface area (Å²) in [4.78, 5) is 21.1. The number of hydrogen-bond donors (Lipinski definition) is 1. The highest BCUT2D eigenvalue weighted by Crippen LogP contribution is 2.27. The molecular weight excluding hydrogens is 218 g/mol. The zero-order valence-electron chi connectivity index (χ0n) is 7.34. The Morgan fingerprint density at radius 3 is 2.67 bits per heavy atom. The Morgan fingerprint density at radius 2 is 2.00 bits per heavy atom. The third-order valence-corrected chi connectivity index (χ3v) is 2.40. The van der Waals surface area contributed by atoms with Gasteiger partial charge in [-0.3, -0.25) is 10.1 Å². The van der Waals surface area contributed by atoms with Gasteiger partial charge in [0.15, 0.2) is 0 Å². The molecule has 15 heavy (non-hydrogen) atoms. The van der Waals surface area contributed by atoms with Crippen LogP contribution in [0.4, 0.5) is 5.69 Å². The van der Waals surface area contributed by atoms with Gasteiger partial charge in [-0.1, -0.05) is 12.1 Å². The van der Waals surface area contributed by atoms with Crippen LogP contribution in [0.1, 0.15) is 0 Å². The molecule has 0 aliphatic heterocycles. The molecule has 0 radical (unpaired) electrons. The smallest absolute Gasteiger partial charge is 0.416 e. The first-order valence-electron chi connectivity index (χ1n) is 4.00. The summed E-state index contributed by atoms with van der Waals surface area (Å²) in [5.41, 5.74) is -1.32. The topological polar surface area (TPSA) is 73.3 Å². The SMILES string of the molecule is O=c1oc2ccccc2c(S)c1[N+](=O)[O-]. The van der Waals surface area contributed by atoms with E-state index in [1.54, 1.807) is 24.3 Å². The number of rotatable bonds is 1. The van der Waals surface area contributed by atoms with Crippen molar-refractivity contribution in [2.24, 2.45) is 0 Å². The van der Waals surface area contributed by atoms with E-state index in [0.29, 0.717) is 5.39 Å². The summed E-state index contributed by atoms with van der Waals surface area (Å²) in [6.45, 7) is 0. The first kappa shape index (κ1) is 9.72. The van der Waals surface area contributed by atoms with E-state index in [9.17, 15) is 14.9 Å². The molecule has 0 fully saturated rings. The molecule has 0 unspecified atom stereocenters. The molecule has 2 rings (SSSR count). The molecule has 2 aromatic rings. The maximum absolute atomic E-state index is 11.2. The third kappa shape index (κ3) is 1.48. The standard InChI is InChI=1S/C9H5NO4S/c11-9-7(10(12)13)8(15)5-3-1-2-4-6(5)14-9/h1-4,15H. The van der Waals surface area contributed by atoms with Gasteiger partial charge in [0, 0.05) is 5.39 Å². The Kier molecular flexibility index (Phi) is 2.20. The van der Waals surface area contributed by atoms with Crippen molar-refractivity contribution in [2.45, 2.75) is 4.90 Å². The predicted molar refractivity (Wildman–Crippen MR) is 56.4 cm³/mol. The normalized spacial score (nSPS) is 10.5. The van der Waals surface area contributed by atoms with Gasteiger partial charge in [-0.2, -0.15) is 0 Å². The van der Waals surface area contributed by atoms with Crippen molar-refractivity contribution in [3.8, 4) is 0 Å². The number of para-hydroxylation sites is 1. The number of nitro groups is 1. The molecule has 1 aromatic carbocycles. The lowest BCUT2D eigenvalue weighted by Crippen LogP contribution is -2.07. The molecule has 0 N–H and O–H groups in total. The number of thiol groups is 1. The molecule has 0 atom stereocenters. The van der Waals surface area contributed by atoms with Crippen LogP contribution in [0.25, 0.3) is 11.0 Å². The first-order valence-corrected chi connectivity index (χ1v) is 4.45. The van der Waals surface area contributed by atoms with E-state index >= 15 is 0 Å². The van der Waals surface area contributed by atoms with Gasteiger partial charge < -0.3 is 4.42 Å². The second-order valence-electron chi connectivity index (χ2n) is 2.84. The van der Waals surface area contributed by atoms with Crippen LogP contribution in [0.15, 0.2) is 38.4 Å². The molecule has 76 valence electrons. The van der Waals surface area contributed by atoms with E-state index < -0.39 is 16.2 Å². The van der Waals surface area contributed by atoms with Crippen molar-refractivity contribution >= 4 is 29.3 Å². The highest BCUT2D eigenvalue weighted by Gasteiger charge is 2.21. The fourth-order valence-electron chi connectivity index (χ4n) is 1.28. The van der Waals surface area contributed by atoms with Crippen molar-refractivity contribution in [2.75, 3.05) is 0 Å². The van der Waals surface area contributed by atoms with E-state index in [1.165, 1.54) is 0 Å². The zero-order valence-corrected chi connectivity index (χ0v) is 8.23. The molecule has 5 nitrogen and oxygen atoms in total. The van der Waals surface area contributed by atoms with Crippen molar-refractivity contribution in [1.82, 2.24) is 0 Å². The van der Waals surface area contributed by atoms with Gasteiger partial charge in [-0.25, -0.2) is 4.79 Å². The van der Waals surface area contributed by atoms with Crippen LogP contribution in [0.3, 0.4) is 0 Å². The fraction of sp³-hybridized carbons (Fsp3) is 0. The highest BCUT2D eigenvalue weighted by atomic mass is 32.1. The average Bonchev–Trinajstić information content (AvgIpc) is 2.17. The molecule has 0 spiro atoms. The molecule has 0 amide bonds. The molecule has 0 aliphatic rings. The lowest BCUT2D eigenvalue weighted by Gasteiger charge is -1.99. The summed E-state index contributed by atoms with van der Waals surface area (Å²) in [6, 6.07) is 6.52. The Balaban J connectivity index is 2.97. The second-order valence-corrected chi connectivity index (χ2v) is 3.29. The average molecular weight is 223 g/mol. The molecule has 0 aliphatic carbocycles. The Hall–Kier alpha value is -1.82. The van der Waals surface area contributed by atoms with Crippen LogP contribution in [-0.4, -0.2) is 4.92 Å². The summed E-state index contributed by atoms with van der Waals surface area (Å²) in [7, 11) is 0. The fourth-order valence-corrected chi connectivity index (χ4v) is 1.64. The molecule has 0 saturated carbocycles. The van der Waals surface area contributed by atoms with Crippen molar-refractivity contribution in [3.05, 3.63) is 44.8 Å². The van der Waals surface area contributed by atoms with Gasteiger partial charge in [0.05, 0.1) is 4.92 Å². The zero-order chi connectivity index (χ0) is 11.0. The number of fused-ring (bicyclic) bond motifs is 1. The summed E-state index contributed by atoms with van der Waals surface area (Å²) in [5, 5.41) is 11.0. The Bertz CT molecular complexity index is 605. The molecule has 6 heteroatoms. The van der Waals surface area contributed by atoms with Crippen LogP contribution in [-0.2, 0) is 0 Å². The highest BCUT2D eigenvalue weighted by molar-refractivity contribution is 7.80. The van der Waals surface area contributed by atoms with Crippen molar-refractivity contribution in [1.29, 1.82) is 0 Å². The largest absolute Gasteiger partial charge is 0.418 e. The van der Waals surface area contributed by atoms with Gasteiger partial charge in [0.2, 0.25) is 0 Å². The maximum atomic E-state index is 11.2. The third-order valence-electron chi connectivity index (χ3n) is 1.95. The number of benzene rings is 1. The maximum Gasteiger partial charge on any atom is 0.416 e. The van der Waals surface area contributed by atoms with Gasteiger partial charge in [-0.05, 0) is 12.1 Å². The minimum atomic E-state index is -0.983. The lowest BCUT2D eigenvalue weighted by molar-refractivity contribution is -0.390. The van der Waals surface area contributed by atoms with E-state index in [1.807, 2.05) is 0 Å². The minimum Gasteiger partial charge on any atom is -0.418 e. The van der Waals surface area contributed by atoms with E-state index in [0.717, 1.165) is 0 Å². The predicted octanol–water partition coefficient (Wildman–Crippen LogP) is 1.99. The molecule has 1 heterocycles. The van der Waals surface area contributed by atoms with Crippen molar-refractivity contribution in [3.63, 3.8) is 0 Å². The second kappa shape index (κ2) is 3.39. The summed E-state index contributed by atoms with van der Waals surface area (Å²) in [6.07, 6.45) is 0. The summed E-state index contributed by atoms with van der Waals surface area (Å²) >= 11 is 3.97. The van der Waals surface area contributed by atoms with Gasteiger partial charge in [-0.15, -0.1) is 12.6 Å². The summed E-state index contributed by atoms with van der Waals surface area (Å²) < 4.78 is 4.79.